The summed E-state index contributed by atoms with van der Waals surface area (Å²) in [5, 5.41) is 10.5. The maximum atomic E-state index is 10.5. The molecule has 1 N–H and O–H groups in total. The molecule has 0 bridgehead atoms. The van der Waals surface area contributed by atoms with Gasteiger partial charge in [0.1, 0.15) is 5.75 Å². The molecule has 0 radical (unpaired) electrons. The van der Waals surface area contributed by atoms with Crippen LogP contribution in [0.3, 0.4) is 0 Å². The SMILES string of the molecule is CC(C)CCCCCCc1cc2c(cc1O)C(C)(C)CC2(C)C. The monoisotopic (exact) mass is 316 g/mol. The third-order valence-electron chi connectivity index (χ3n) is 5.54. The maximum Gasteiger partial charge on any atom is 0.119 e. The zero-order valence-electron chi connectivity index (χ0n) is 16.1. The Balaban J connectivity index is 1.99. The van der Waals surface area contributed by atoms with Crippen LogP contribution in [0.15, 0.2) is 12.1 Å². The predicted molar refractivity (Wildman–Crippen MR) is 100 cm³/mol. The molecule has 0 unspecified atom stereocenters. The molecule has 1 aromatic carbocycles. The van der Waals surface area contributed by atoms with Crippen molar-refractivity contribution in [3.8, 4) is 5.75 Å². The fraction of sp³-hybridized carbons (Fsp3) is 0.727. The van der Waals surface area contributed by atoms with Crippen molar-refractivity contribution >= 4 is 0 Å². The Labute approximate surface area is 143 Å². The largest absolute Gasteiger partial charge is 0.508 e. The highest BCUT2D eigenvalue weighted by Crippen LogP contribution is 2.50. The van der Waals surface area contributed by atoms with Gasteiger partial charge in [0, 0.05) is 0 Å². The number of benzene rings is 1. The molecule has 2 rings (SSSR count). The zero-order valence-corrected chi connectivity index (χ0v) is 16.1. The highest BCUT2D eigenvalue weighted by atomic mass is 16.3. The maximum absolute atomic E-state index is 10.5. The summed E-state index contributed by atoms with van der Waals surface area (Å²) in [6.07, 6.45) is 8.64. The van der Waals surface area contributed by atoms with E-state index in [0.29, 0.717) is 5.75 Å². The van der Waals surface area contributed by atoms with Crippen LogP contribution < -0.4 is 0 Å². The second-order valence-corrected chi connectivity index (χ2v) is 9.32. The molecule has 0 aliphatic heterocycles. The molecule has 0 fully saturated rings. The van der Waals surface area contributed by atoms with Gasteiger partial charge < -0.3 is 5.11 Å². The molecule has 1 aliphatic rings. The quantitative estimate of drug-likeness (QED) is 0.569. The molecule has 0 heterocycles. The second-order valence-electron chi connectivity index (χ2n) is 9.32. The minimum absolute atomic E-state index is 0.172. The van der Waals surface area contributed by atoms with Crippen molar-refractivity contribution in [2.45, 2.75) is 97.3 Å². The average Bonchev–Trinajstić information content (AvgIpc) is 2.59. The van der Waals surface area contributed by atoms with Crippen LogP contribution in [-0.4, -0.2) is 5.11 Å². The van der Waals surface area contributed by atoms with E-state index in [-0.39, 0.29) is 10.8 Å². The van der Waals surface area contributed by atoms with Crippen LogP contribution in [0, 0.1) is 5.92 Å². The standard InChI is InChI=1S/C22H36O/c1-16(2)11-9-7-8-10-12-17-13-18-19(14-20(17)23)22(5,6)15-21(18,3)4/h13-14,16,23H,7-12,15H2,1-6H3. The molecule has 1 nitrogen and oxygen atoms in total. The van der Waals surface area contributed by atoms with Gasteiger partial charge in [0.2, 0.25) is 0 Å². The second kappa shape index (κ2) is 6.87. The fourth-order valence-electron chi connectivity index (χ4n) is 4.47. The van der Waals surface area contributed by atoms with E-state index in [2.05, 4.69) is 53.7 Å². The topological polar surface area (TPSA) is 20.2 Å². The average molecular weight is 317 g/mol. The Kier molecular flexibility index (Phi) is 5.48. The Bertz CT molecular complexity index is 537. The Morgan fingerprint density at radius 1 is 0.913 bits per heavy atom. The molecule has 0 saturated heterocycles. The summed E-state index contributed by atoms with van der Waals surface area (Å²) in [5.74, 6) is 1.33. The van der Waals surface area contributed by atoms with Crippen LogP contribution in [0.5, 0.6) is 5.75 Å². The van der Waals surface area contributed by atoms with Gasteiger partial charge in [-0.15, -0.1) is 0 Å². The summed E-state index contributed by atoms with van der Waals surface area (Å²) in [6, 6.07) is 4.35. The predicted octanol–water partition coefficient (Wildman–Crippen LogP) is 6.50. The first-order chi connectivity index (χ1) is 10.6. The van der Waals surface area contributed by atoms with Crippen LogP contribution in [0.1, 0.15) is 96.8 Å². The zero-order chi connectivity index (χ0) is 17.3. The normalized spacial score (nSPS) is 18.4. The third kappa shape index (κ3) is 4.31. The van der Waals surface area contributed by atoms with E-state index in [1.807, 2.05) is 0 Å². The van der Waals surface area contributed by atoms with Crippen molar-refractivity contribution in [1.29, 1.82) is 0 Å². The fourth-order valence-corrected chi connectivity index (χ4v) is 4.47. The molecule has 130 valence electrons. The van der Waals surface area contributed by atoms with Crippen molar-refractivity contribution in [2.75, 3.05) is 0 Å². The van der Waals surface area contributed by atoms with Crippen molar-refractivity contribution in [2.24, 2.45) is 5.92 Å². The Morgan fingerprint density at radius 2 is 1.48 bits per heavy atom. The first kappa shape index (κ1) is 18.4. The van der Waals surface area contributed by atoms with Crippen LogP contribution in [0.4, 0.5) is 0 Å². The van der Waals surface area contributed by atoms with E-state index >= 15 is 0 Å². The molecular weight excluding hydrogens is 280 g/mol. The molecule has 0 amide bonds. The first-order valence-corrected chi connectivity index (χ1v) is 9.50. The van der Waals surface area contributed by atoms with Gasteiger partial charge in [0.15, 0.2) is 0 Å². The highest BCUT2D eigenvalue weighted by Gasteiger charge is 2.42. The number of phenolic OH excluding ortho intramolecular Hbond substituents is 1. The Hall–Kier alpha value is -0.980. The van der Waals surface area contributed by atoms with Gasteiger partial charge in [-0.1, -0.05) is 73.3 Å². The van der Waals surface area contributed by atoms with E-state index in [9.17, 15) is 5.11 Å². The van der Waals surface area contributed by atoms with Crippen LogP contribution in [0.25, 0.3) is 0 Å². The van der Waals surface area contributed by atoms with E-state index < -0.39 is 0 Å². The minimum atomic E-state index is 0.172. The van der Waals surface area contributed by atoms with Gasteiger partial charge >= 0.3 is 0 Å². The highest BCUT2D eigenvalue weighted by molar-refractivity contribution is 5.51. The summed E-state index contributed by atoms with van der Waals surface area (Å²) in [5.41, 5.74) is 4.35. The molecule has 1 aliphatic carbocycles. The summed E-state index contributed by atoms with van der Waals surface area (Å²) < 4.78 is 0. The van der Waals surface area contributed by atoms with Crippen LogP contribution in [0.2, 0.25) is 0 Å². The molecule has 0 atom stereocenters. The number of rotatable bonds is 7. The summed E-state index contributed by atoms with van der Waals surface area (Å²) in [6.45, 7) is 13.9. The van der Waals surface area contributed by atoms with Gasteiger partial charge in [0.25, 0.3) is 0 Å². The molecule has 0 spiro atoms. The summed E-state index contributed by atoms with van der Waals surface area (Å²) in [4.78, 5) is 0. The van der Waals surface area contributed by atoms with Gasteiger partial charge in [-0.2, -0.15) is 0 Å². The van der Waals surface area contributed by atoms with Crippen LogP contribution in [-0.2, 0) is 17.3 Å². The van der Waals surface area contributed by atoms with E-state index in [1.54, 1.807) is 0 Å². The van der Waals surface area contributed by atoms with E-state index in [1.165, 1.54) is 43.2 Å². The molecule has 1 heteroatoms. The number of aromatic hydroxyl groups is 1. The van der Waals surface area contributed by atoms with Crippen LogP contribution >= 0.6 is 0 Å². The van der Waals surface area contributed by atoms with Crippen molar-refractivity contribution in [3.05, 3.63) is 28.8 Å². The number of fused-ring (bicyclic) bond motifs is 1. The van der Waals surface area contributed by atoms with E-state index in [4.69, 9.17) is 0 Å². The van der Waals surface area contributed by atoms with E-state index in [0.717, 1.165) is 24.3 Å². The number of aryl methyl sites for hydroxylation is 1. The lowest BCUT2D eigenvalue weighted by Crippen LogP contribution is -2.17. The molecule has 23 heavy (non-hydrogen) atoms. The Morgan fingerprint density at radius 3 is 2.09 bits per heavy atom. The van der Waals surface area contributed by atoms with Gasteiger partial charge in [-0.25, -0.2) is 0 Å². The number of unbranched alkanes of at least 4 members (excludes halogenated alkanes) is 3. The molecule has 0 aromatic heterocycles. The lowest BCUT2D eigenvalue weighted by molar-refractivity contribution is 0.402. The lowest BCUT2D eigenvalue weighted by atomic mass is 9.82. The number of hydrogen-bond acceptors (Lipinski definition) is 1. The molecular formula is C22H36O. The van der Waals surface area contributed by atoms with Gasteiger partial charge in [-0.3, -0.25) is 0 Å². The van der Waals surface area contributed by atoms with Gasteiger partial charge in [-0.05, 0) is 58.8 Å². The minimum Gasteiger partial charge on any atom is -0.508 e. The third-order valence-corrected chi connectivity index (χ3v) is 5.54. The summed E-state index contributed by atoms with van der Waals surface area (Å²) >= 11 is 0. The lowest BCUT2D eigenvalue weighted by Gasteiger charge is -2.22. The van der Waals surface area contributed by atoms with Crippen molar-refractivity contribution in [1.82, 2.24) is 0 Å². The van der Waals surface area contributed by atoms with Crippen molar-refractivity contribution < 1.29 is 5.11 Å². The van der Waals surface area contributed by atoms with Crippen molar-refractivity contribution in [3.63, 3.8) is 0 Å². The van der Waals surface area contributed by atoms with Gasteiger partial charge in [0.05, 0.1) is 0 Å². The molecule has 0 saturated carbocycles. The number of phenols is 1. The first-order valence-electron chi connectivity index (χ1n) is 9.50. The summed E-state index contributed by atoms with van der Waals surface area (Å²) in [7, 11) is 0. The molecule has 1 aromatic rings. The number of hydrogen-bond donors (Lipinski definition) is 1. The smallest absolute Gasteiger partial charge is 0.119 e.